The Labute approximate surface area is 396 Å². The van der Waals surface area contributed by atoms with Crippen LogP contribution in [0.1, 0.15) is 147 Å². The van der Waals surface area contributed by atoms with Crippen LogP contribution in [0.25, 0.3) is 0 Å². The topological polar surface area (TPSA) is 177 Å². The first kappa shape index (κ1) is 47.7. The van der Waals surface area contributed by atoms with E-state index in [-0.39, 0.29) is 70.6 Å². The molecule has 3 aromatic carbocycles. The fraction of sp³-hybridized carbons (Fsp3) is 0.571. The largest absolute Gasteiger partial charge is 0.508 e. The third-order valence-electron chi connectivity index (χ3n) is 16.9. The first-order chi connectivity index (χ1) is 32.6. The number of rotatable bonds is 17. The number of ether oxygens (including phenoxy) is 3. The van der Waals surface area contributed by atoms with Crippen LogP contribution in [0.4, 0.5) is 0 Å². The Morgan fingerprint density at radius 3 is 2.49 bits per heavy atom. The van der Waals surface area contributed by atoms with Crippen molar-refractivity contribution < 1.29 is 44.8 Å². The SMILES string of the molecule is CCOCCCNC1C=CC2C(CCC(C(O)CC3(c4ccccc4)CCCC3)C2c2cc(C3CCC4C(O)CC(c5c(CO)c(O)c(O)c(OC)c5Cc5cc[nH]c5)OC4C3)ccc2O)C1. The van der Waals surface area contributed by atoms with E-state index in [1.165, 1.54) is 25.5 Å². The Hall–Kier alpha value is -4.36. The zero-order valence-corrected chi connectivity index (χ0v) is 39.5. The van der Waals surface area contributed by atoms with Gasteiger partial charge < -0.3 is 55.2 Å². The van der Waals surface area contributed by atoms with E-state index >= 15 is 0 Å². The highest BCUT2D eigenvalue weighted by Gasteiger charge is 2.48. The van der Waals surface area contributed by atoms with Crippen molar-refractivity contribution in [1.29, 1.82) is 0 Å². The number of aromatic amines is 1. The molecule has 1 aromatic heterocycles. The lowest BCUT2D eigenvalue weighted by Gasteiger charge is -2.48. The lowest BCUT2D eigenvalue weighted by atomic mass is 9.58. The number of phenolic OH excluding ortho intramolecular Hbond substituents is 2. The van der Waals surface area contributed by atoms with E-state index in [4.69, 9.17) is 14.2 Å². The molecule has 4 aromatic rings. The van der Waals surface area contributed by atoms with Crippen molar-refractivity contribution in [3.8, 4) is 23.0 Å². The number of nitrogens with one attached hydrogen (secondary N) is 2. The van der Waals surface area contributed by atoms with Crippen molar-refractivity contribution in [3.05, 3.63) is 118 Å². The number of aromatic hydroxyl groups is 3. The number of aliphatic hydroxyl groups excluding tert-OH is 3. The van der Waals surface area contributed by atoms with E-state index in [2.05, 4.69) is 64.9 Å². The van der Waals surface area contributed by atoms with Crippen molar-refractivity contribution in [2.24, 2.45) is 23.7 Å². The summed E-state index contributed by atoms with van der Waals surface area (Å²) in [6, 6.07) is 19.2. The molecule has 0 amide bonds. The number of allylic oxidation sites excluding steroid dienone is 1. The Balaban J connectivity index is 1.01. The zero-order valence-electron chi connectivity index (χ0n) is 39.5. The molecule has 0 bridgehead atoms. The second-order valence-corrected chi connectivity index (χ2v) is 20.6. The van der Waals surface area contributed by atoms with Gasteiger partial charge in [-0.25, -0.2) is 0 Å². The second kappa shape index (κ2) is 21.1. The quantitative estimate of drug-likeness (QED) is 0.0289. The highest BCUT2D eigenvalue weighted by molar-refractivity contribution is 5.64. The minimum Gasteiger partial charge on any atom is -0.508 e. The number of hydrogen-bond acceptors (Lipinski definition) is 10. The number of methoxy groups -OCH3 is 1. The van der Waals surface area contributed by atoms with Gasteiger partial charge in [0.15, 0.2) is 11.5 Å². The maximum absolute atomic E-state index is 12.7. The van der Waals surface area contributed by atoms with Crippen molar-refractivity contribution >= 4 is 0 Å². The van der Waals surface area contributed by atoms with Crippen LogP contribution in [0.3, 0.4) is 0 Å². The summed E-state index contributed by atoms with van der Waals surface area (Å²) in [5.41, 5.74) is 5.54. The van der Waals surface area contributed by atoms with Gasteiger partial charge in [0, 0.05) is 61.5 Å². The molecule has 11 nitrogen and oxygen atoms in total. The van der Waals surface area contributed by atoms with Crippen molar-refractivity contribution in [1.82, 2.24) is 10.3 Å². The van der Waals surface area contributed by atoms with E-state index in [0.717, 1.165) is 87.8 Å². The number of aromatic nitrogens is 1. The molecule has 11 heteroatoms. The van der Waals surface area contributed by atoms with Crippen LogP contribution < -0.4 is 10.1 Å². The summed E-state index contributed by atoms with van der Waals surface area (Å²) in [6.45, 7) is 3.88. The number of fused-ring (bicyclic) bond motifs is 2. The first-order valence-corrected chi connectivity index (χ1v) is 25.4. The van der Waals surface area contributed by atoms with Crippen molar-refractivity contribution in [2.45, 2.75) is 151 Å². The number of hydrogen-bond donors (Lipinski definition) is 8. The van der Waals surface area contributed by atoms with Crippen LogP contribution in [0.5, 0.6) is 23.0 Å². The van der Waals surface area contributed by atoms with Crippen LogP contribution in [0, 0.1) is 23.7 Å². The molecular formula is C56H74N2O9. The van der Waals surface area contributed by atoms with Crippen LogP contribution in [-0.2, 0) is 27.9 Å². The number of H-pyrrole nitrogens is 1. The van der Waals surface area contributed by atoms with Gasteiger partial charge >= 0.3 is 0 Å². The van der Waals surface area contributed by atoms with E-state index in [1.807, 2.05) is 31.5 Å². The summed E-state index contributed by atoms with van der Waals surface area (Å²) in [7, 11) is 1.44. The normalized spacial score (nSPS) is 29.6. The predicted octanol–water partition coefficient (Wildman–Crippen LogP) is 9.33. The van der Waals surface area contributed by atoms with Crippen LogP contribution in [-0.4, -0.2) is 86.8 Å². The molecule has 8 N–H and O–H groups in total. The second-order valence-electron chi connectivity index (χ2n) is 20.6. The Morgan fingerprint density at radius 2 is 1.75 bits per heavy atom. The molecule has 11 atom stereocenters. The standard InChI is InChI=1S/C56H74N2O9/c1-3-66-25-9-23-58-39-15-18-40-37(27-39)13-17-42(48(62)31-56(21-7-8-22-56)38-10-5-4-6-11-38)51(40)43-28-35(14-19-46(43)60)36-12-16-41-47(61)30-50(67-49(41)29-36)52-44(26-34-20-24-57-32-34)55(65-2)54(64)53(63)45(52)33-59/h4-6,10-11,14-15,18-20,24,28,32,36-37,39-42,47-51,57-64H,3,7-9,12-13,16-17,21-23,25-27,29-31,33H2,1-2H3. The number of phenols is 3. The van der Waals surface area contributed by atoms with Gasteiger partial charge in [0.05, 0.1) is 38.1 Å². The number of benzene rings is 3. The zero-order chi connectivity index (χ0) is 46.7. The van der Waals surface area contributed by atoms with E-state index in [1.54, 1.807) is 0 Å². The van der Waals surface area contributed by atoms with E-state index in [9.17, 15) is 30.6 Å². The molecule has 0 spiro atoms. The molecule has 11 unspecified atom stereocenters. The average Bonchev–Trinajstić information content (AvgIpc) is 4.06. The minimum atomic E-state index is -0.685. The fourth-order valence-corrected chi connectivity index (χ4v) is 13.6. The summed E-state index contributed by atoms with van der Waals surface area (Å²) in [6.07, 6.45) is 18.2. The molecule has 2 heterocycles. The van der Waals surface area contributed by atoms with Gasteiger partial charge in [0.2, 0.25) is 5.75 Å². The Bertz CT molecular complexity index is 2280. The maximum Gasteiger partial charge on any atom is 0.201 e. The van der Waals surface area contributed by atoms with Gasteiger partial charge in [-0.15, -0.1) is 0 Å². The third kappa shape index (κ3) is 9.79. The van der Waals surface area contributed by atoms with Crippen LogP contribution in [0.2, 0.25) is 0 Å². The molecule has 67 heavy (non-hydrogen) atoms. The molecule has 5 aliphatic rings. The summed E-state index contributed by atoms with van der Waals surface area (Å²) in [5.74, 6) is -0.0196. The van der Waals surface area contributed by atoms with Crippen LogP contribution >= 0.6 is 0 Å². The molecule has 3 saturated carbocycles. The summed E-state index contributed by atoms with van der Waals surface area (Å²) >= 11 is 0. The average molecular weight is 919 g/mol. The minimum absolute atomic E-state index is 0.0304. The van der Waals surface area contributed by atoms with Crippen LogP contribution in [0.15, 0.2) is 79.1 Å². The molecule has 1 saturated heterocycles. The molecule has 1 aliphatic heterocycles. The predicted molar refractivity (Wildman–Crippen MR) is 259 cm³/mol. The summed E-state index contributed by atoms with van der Waals surface area (Å²) in [4.78, 5) is 3.08. The third-order valence-corrected chi connectivity index (χ3v) is 16.9. The van der Waals surface area contributed by atoms with E-state index < -0.39 is 36.4 Å². The van der Waals surface area contributed by atoms with Gasteiger partial charge in [-0.05, 0) is 153 Å². The molecule has 4 fully saturated rings. The molecular weight excluding hydrogens is 845 g/mol. The van der Waals surface area contributed by atoms with Gasteiger partial charge in [0.1, 0.15) is 5.75 Å². The smallest absolute Gasteiger partial charge is 0.201 e. The summed E-state index contributed by atoms with van der Waals surface area (Å²) in [5, 5.41) is 73.2. The summed E-state index contributed by atoms with van der Waals surface area (Å²) < 4.78 is 18.3. The highest BCUT2D eigenvalue weighted by Crippen LogP contribution is 2.56. The van der Waals surface area contributed by atoms with Gasteiger partial charge in [-0.3, -0.25) is 0 Å². The van der Waals surface area contributed by atoms with Gasteiger partial charge in [0.25, 0.3) is 0 Å². The van der Waals surface area contributed by atoms with E-state index in [0.29, 0.717) is 36.3 Å². The number of aliphatic hydroxyl groups is 3. The molecule has 0 radical (unpaired) electrons. The molecule has 362 valence electrons. The Morgan fingerprint density at radius 1 is 0.925 bits per heavy atom. The van der Waals surface area contributed by atoms with Crippen molar-refractivity contribution in [2.75, 3.05) is 26.9 Å². The highest BCUT2D eigenvalue weighted by atomic mass is 16.5. The molecule has 9 rings (SSSR count). The maximum atomic E-state index is 12.7. The fourth-order valence-electron chi connectivity index (χ4n) is 13.6. The van der Waals surface area contributed by atoms with Gasteiger partial charge in [-0.2, -0.15) is 0 Å². The molecule has 4 aliphatic carbocycles. The lowest BCUT2D eigenvalue weighted by Crippen LogP contribution is -2.45. The first-order valence-electron chi connectivity index (χ1n) is 25.4. The monoisotopic (exact) mass is 919 g/mol. The Kier molecular flexibility index (Phi) is 15.0. The van der Waals surface area contributed by atoms with Crippen molar-refractivity contribution in [3.63, 3.8) is 0 Å². The van der Waals surface area contributed by atoms with Gasteiger partial charge in [-0.1, -0.05) is 67.5 Å². The lowest BCUT2D eigenvalue weighted by molar-refractivity contribution is -0.154.